The number of likely N-dealkylation sites (N-methyl/N-ethyl adjacent to an activating group) is 1. The summed E-state index contributed by atoms with van der Waals surface area (Å²) in [4.78, 5) is 11.3. The van der Waals surface area contributed by atoms with Crippen molar-refractivity contribution in [3.63, 3.8) is 0 Å². The lowest BCUT2D eigenvalue weighted by atomic mass is 9.84. The summed E-state index contributed by atoms with van der Waals surface area (Å²) in [6.07, 6.45) is 0. The third-order valence-electron chi connectivity index (χ3n) is 3.26. The summed E-state index contributed by atoms with van der Waals surface area (Å²) in [5.74, 6) is -0.872. The number of rotatable bonds is 3. The Morgan fingerprint density at radius 2 is 1.47 bits per heavy atom. The fourth-order valence-corrected chi connectivity index (χ4v) is 1.68. The summed E-state index contributed by atoms with van der Waals surface area (Å²) in [5, 5.41) is 12.1. The molecule has 1 aromatic carbocycles. The van der Waals surface area contributed by atoms with Gasteiger partial charge in [-0.25, -0.2) is 4.79 Å². The van der Waals surface area contributed by atoms with Gasteiger partial charge in [-0.1, -0.05) is 45.0 Å². The van der Waals surface area contributed by atoms with Gasteiger partial charge in [-0.2, -0.15) is 0 Å². The van der Waals surface area contributed by atoms with E-state index in [9.17, 15) is 9.90 Å². The van der Waals surface area contributed by atoms with Crippen LogP contribution >= 0.6 is 0 Å². The lowest BCUT2D eigenvalue weighted by Crippen LogP contribution is -2.44. The van der Waals surface area contributed by atoms with Crippen molar-refractivity contribution in [1.29, 1.82) is 0 Å². The van der Waals surface area contributed by atoms with E-state index in [1.165, 1.54) is 5.56 Å². The molecule has 94 valence electrons. The molecule has 0 spiro atoms. The van der Waals surface area contributed by atoms with Crippen molar-refractivity contribution in [2.45, 2.75) is 38.6 Å². The maximum absolute atomic E-state index is 11.3. The van der Waals surface area contributed by atoms with E-state index >= 15 is 0 Å². The first kappa shape index (κ1) is 13.7. The van der Waals surface area contributed by atoms with Crippen molar-refractivity contribution in [1.82, 2.24) is 5.32 Å². The van der Waals surface area contributed by atoms with Gasteiger partial charge in [0.2, 0.25) is 0 Å². The maximum Gasteiger partial charge on any atom is 0.328 e. The molecular weight excluding hydrogens is 214 g/mol. The topological polar surface area (TPSA) is 49.3 Å². The number of hydrogen-bond donors (Lipinski definition) is 2. The number of carboxylic acid groups (broad SMARTS) is 1. The van der Waals surface area contributed by atoms with Gasteiger partial charge in [0.1, 0.15) is 5.54 Å². The Morgan fingerprint density at radius 1 is 1.06 bits per heavy atom. The Hall–Kier alpha value is -1.35. The Kier molecular flexibility index (Phi) is 3.62. The van der Waals surface area contributed by atoms with Crippen LogP contribution < -0.4 is 5.32 Å². The standard InChI is InChI=1S/C14H21NO2/c1-13(2,3)10-6-8-11(9-7-10)14(4,15-5)12(16)17/h6-9,15H,1-5H3,(H,16,17). The lowest BCUT2D eigenvalue weighted by molar-refractivity contribution is -0.144. The highest BCUT2D eigenvalue weighted by Gasteiger charge is 2.33. The number of hydrogen-bond acceptors (Lipinski definition) is 2. The molecule has 0 heterocycles. The van der Waals surface area contributed by atoms with E-state index < -0.39 is 11.5 Å². The van der Waals surface area contributed by atoms with Crippen molar-refractivity contribution < 1.29 is 9.90 Å². The number of aliphatic carboxylic acids is 1. The molecule has 3 nitrogen and oxygen atoms in total. The van der Waals surface area contributed by atoms with E-state index in [0.717, 1.165) is 5.56 Å². The molecule has 0 saturated carbocycles. The average molecular weight is 235 g/mol. The van der Waals surface area contributed by atoms with Gasteiger partial charge >= 0.3 is 5.97 Å². The van der Waals surface area contributed by atoms with Gasteiger partial charge in [-0.15, -0.1) is 0 Å². The monoisotopic (exact) mass is 235 g/mol. The number of carboxylic acids is 1. The zero-order chi connectivity index (χ0) is 13.3. The van der Waals surface area contributed by atoms with Crippen molar-refractivity contribution in [3.05, 3.63) is 35.4 Å². The normalized spacial score (nSPS) is 15.4. The second kappa shape index (κ2) is 4.49. The molecule has 1 atom stereocenters. The minimum absolute atomic E-state index is 0.0811. The quantitative estimate of drug-likeness (QED) is 0.846. The first-order valence-corrected chi connectivity index (χ1v) is 5.75. The lowest BCUT2D eigenvalue weighted by Gasteiger charge is -2.26. The van der Waals surface area contributed by atoms with Gasteiger partial charge in [0.25, 0.3) is 0 Å². The largest absolute Gasteiger partial charge is 0.480 e. The minimum Gasteiger partial charge on any atom is -0.480 e. The van der Waals surface area contributed by atoms with Crippen molar-refractivity contribution >= 4 is 5.97 Å². The van der Waals surface area contributed by atoms with Gasteiger partial charge in [0.05, 0.1) is 0 Å². The van der Waals surface area contributed by atoms with Crippen LogP contribution in [0.4, 0.5) is 0 Å². The average Bonchev–Trinajstić information content (AvgIpc) is 2.26. The van der Waals surface area contributed by atoms with Crippen LogP contribution in [0.25, 0.3) is 0 Å². The van der Waals surface area contributed by atoms with E-state index in [4.69, 9.17) is 0 Å². The van der Waals surface area contributed by atoms with Crippen LogP contribution in [0.15, 0.2) is 24.3 Å². The summed E-state index contributed by atoms with van der Waals surface area (Å²) in [7, 11) is 1.66. The number of nitrogens with one attached hydrogen (secondary N) is 1. The molecule has 2 N–H and O–H groups in total. The summed E-state index contributed by atoms with van der Waals surface area (Å²) >= 11 is 0. The third-order valence-corrected chi connectivity index (χ3v) is 3.26. The molecule has 1 unspecified atom stereocenters. The molecule has 0 radical (unpaired) electrons. The Balaban J connectivity index is 3.14. The highest BCUT2D eigenvalue weighted by atomic mass is 16.4. The molecule has 0 aromatic heterocycles. The third kappa shape index (κ3) is 2.67. The second-order valence-electron chi connectivity index (χ2n) is 5.51. The fourth-order valence-electron chi connectivity index (χ4n) is 1.68. The van der Waals surface area contributed by atoms with Gasteiger partial charge in [0.15, 0.2) is 0 Å². The zero-order valence-corrected chi connectivity index (χ0v) is 11.2. The molecular formula is C14H21NO2. The highest BCUT2D eigenvalue weighted by molar-refractivity contribution is 5.80. The summed E-state index contributed by atoms with van der Waals surface area (Å²) in [5.41, 5.74) is 1.01. The Labute approximate surface area is 103 Å². The van der Waals surface area contributed by atoms with Gasteiger partial charge in [0, 0.05) is 0 Å². The van der Waals surface area contributed by atoms with Crippen LogP contribution in [0.5, 0.6) is 0 Å². The molecule has 0 aliphatic rings. The molecule has 0 aliphatic heterocycles. The fraction of sp³-hybridized carbons (Fsp3) is 0.500. The van der Waals surface area contributed by atoms with Crippen molar-refractivity contribution in [2.24, 2.45) is 0 Å². The van der Waals surface area contributed by atoms with Gasteiger partial charge < -0.3 is 10.4 Å². The molecule has 1 aromatic rings. The van der Waals surface area contributed by atoms with Crippen LogP contribution in [0.1, 0.15) is 38.8 Å². The van der Waals surface area contributed by atoms with Crippen LogP contribution in [0.2, 0.25) is 0 Å². The summed E-state index contributed by atoms with van der Waals surface area (Å²) < 4.78 is 0. The molecule has 17 heavy (non-hydrogen) atoms. The minimum atomic E-state index is -1.03. The predicted octanol–water partition coefficient (Wildman–Crippen LogP) is 2.50. The zero-order valence-electron chi connectivity index (χ0n) is 11.2. The summed E-state index contributed by atoms with van der Waals surface area (Å²) in [6.45, 7) is 8.07. The van der Waals surface area contributed by atoms with Crippen LogP contribution in [-0.4, -0.2) is 18.1 Å². The SMILES string of the molecule is CNC(C)(C(=O)O)c1ccc(C(C)(C)C)cc1. The molecule has 0 saturated heterocycles. The predicted molar refractivity (Wildman–Crippen MR) is 69.2 cm³/mol. The second-order valence-corrected chi connectivity index (χ2v) is 5.51. The van der Waals surface area contributed by atoms with Crippen molar-refractivity contribution in [3.8, 4) is 0 Å². The molecule has 0 bridgehead atoms. The molecule has 1 rings (SSSR count). The molecule has 0 aliphatic carbocycles. The smallest absolute Gasteiger partial charge is 0.328 e. The Morgan fingerprint density at radius 3 is 1.76 bits per heavy atom. The van der Waals surface area contributed by atoms with Crippen molar-refractivity contribution in [2.75, 3.05) is 7.05 Å². The number of carbonyl (C=O) groups is 1. The van der Waals surface area contributed by atoms with Crippen LogP contribution in [-0.2, 0) is 15.7 Å². The van der Waals surface area contributed by atoms with Crippen LogP contribution in [0.3, 0.4) is 0 Å². The highest BCUT2D eigenvalue weighted by Crippen LogP contribution is 2.26. The van der Waals surface area contributed by atoms with Crippen LogP contribution in [0, 0.1) is 0 Å². The van der Waals surface area contributed by atoms with E-state index in [-0.39, 0.29) is 5.41 Å². The first-order valence-electron chi connectivity index (χ1n) is 5.75. The van der Waals surface area contributed by atoms with E-state index in [1.807, 2.05) is 24.3 Å². The van der Waals surface area contributed by atoms with Gasteiger partial charge in [-0.3, -0.25) is 0 Å². The van der Waals surface area contributed by atoms with Gasteiger partial charge in [-0.05, 0) is 30.5 Å². The van der Waals surface area contributed by atoms with E-state index in [2.05, 4.69) is 26.1 Å². The van der Waals surface area contributed by atoms with E-state index in [1.54, 1.807) is 14.0 Å². The summed E-state index contributed by atoms with van der Waals surface area (Å²) in [6, 6.07) is 7.75. The van der Waals surface area contributed by atoms with E-state index in [0.29, 0.717) is 0 Å². The molecule has 0 fully saturated rings. The number of benzene rings is 1. The molecule has 0 amide bonds. The molecule has 3 heteroatoms. The first-order chi connectivity index (χ1) is 7.71. The maximum atomic E-state index is 11.3. The Bertz CT molecular complexity index is 403.